The Balaban J connectivity index is 1.36. The maximum Gasteiger partial charge on any atom is 0.339 e. The van der Waals surface area contributed by atoms with Gasteiger partial charge in [-0.3, -0.25) is 4.79 Å². The van der Waals surface area contributed by atoms with Gasteiger partial charge in [-0.15, -0.1) is 11.3 Å². The van der Waals surface area contributed by atoms with Gasteiger partial charge in [0.2, 0.25) is 0 Å². The first-order valence-corrected chi connectivity index (χ1v) is 9.80. The van der Waals surface area contributed by atoms with Crippen LogP contribution in [0.3, 0.4) is 0 Å². The zero-order valence-corrected chi connectivity index (χ0v) is 15.3. The Hall–Kier alpha value is -2.47. The molecule has 0 unspecified atom stereocenters. The van der Waals surface area contributed by atoms with Crippen molar-refractivity contribution in [1.29, 1.82) is 0 Å². The van der Waals surface area contributed by atoms with Gasteiger partial charge >= 0.3 is 5.97 Å². The van der Waals surface area contributed by atoms with Crippen molar-refractivity contribution in [2.45, 2.75) is 32.1 Å². The Bertz CT molecular complexity index is 857. The van der Waals surface area contributed by atoms with Crippen LogP contribution < -0.4 is 0 Å². The molecule has 0 saturated carbocycles. The van der Waals surface area contributed by atoms with Crippen LogP contribution in [0, 0.1) is 0 Å². The number of fused-ring (bicyclic) bond motifs is 1. The molecule has 1 amide bonds. The molecule has 1 aromatic carbocycles. The van der Waals surface area contributed by atoms with Gasteiger partial charge in [0.1, 0.15) is 0 Å². The van der Waals surface area contributed by atoms with Crippen LogP contribution in [-0.2, 0) is 22.4 Å². The number of carbonyl (C=O) groups is 2. The van der Waals surface area contributed by atoms with Gasteiger partial charge in [-0.25, -0.2) is 9.80 Å². The molecule has 0 saturated heterocycles. The third-order valence-electron chi connectivity index (χ3n) is 4.80. The summed E-state index contributed by atoms with van der Waals surface area (Å²) in [6, 6.07) is 9.81. The minimum atomic E-state index is -0.399. The standard InChI is InChI=1S/C20H20N2O3S/c23-19(22-11-10-17(21-22)14-6-2-1-3-7-14)12-25-20(24)16-13-26-18-9-5-4-8-15(16)18/h1-3,6-7,13H,4-5,8-12H2. The van der Waals surface area contributed by atoms with Gasteiger partial charge in [0.25, 0.3) is 5.91 Å². The van der Waals surface area contributed by atoms with Crippen molar-refractivity contribution >= 4 is 28.9 Å². The van der Waals surface area contributed by atoms with E-state index in [0.717, 1.165) is 36.1 Å². The van der Waals surface area contributed by atoms with E-state index in [4.69, 9.17) is 4.74 Å². The predicted molar refractivity (Wildman–Crippen MR) is 101 cm³/mol. The van der Waals surface area contributed by atoms with E-state index in [1.54, 1.807) is 11.3 Å². The quantitative estimate of drug-likeness (QED) is 0.777. The number of carbonyl (C=O) groups excluding carboxylic acids is 2. The molecule has 6 heteroatoms. The molecule has 1 aliphatic carbocycles. The van der Waals surface area contributed by atoms with Crippen molar-refractivity contribution in [2.75, 3.05) is 13.2 Å². The third-order valence-corrected chi connectivity index (χ3v) is 5.89. The van der Waals surface area contributed by atoms with Crippen molar-refractivity contribution in [3.63, 3.8) is 0 Å². The number of rotatable bonds is 4. The van der Waals surface area contributed by atoms with Gasteiger partial charge in [0.15, 0.2) is 6.61 Å². The van der Waals surface area contributed by atoms with Gasteiger partial charge < -0.3 is 4.74 Å². The van der Waals surface area contributed by atoms with E-state index in [1.807, 2.05) is 35.7 Å². The Morgan fingerprint density at radius 3 is 2.77 bits per heavy atom. The molecule has 5 nitrogen and oxygen atoms in total. The topological polar surface area (TPSA) is 59.0 Å². The van der Waals surface area contributed by atoms with Crippen molar-refractivity contribution in [3.8, 4) is 0 Å². The molecule has 26 heavy (non-hydrogen) atoms. The molecule has 0 N–H and O–H groups in total. The average molecular weight is 368 g/mol. The van der Waals surface area contributed by atoms with E-state index in [9.17, 15) is 9.59 Å². The Morgan fingerprint density at radius 2 is 1.92 bits per heavy atom. The zero-order chi connectivity index (χ0) is 17.9. The van der Waals surface area contributed by atoms with Crippen LogP contribution in [0.5, 0.6) is 0 Å². The highest BCUT2D eigenvalue weighted by Gasteiger charge is 2.25. The van der Waals surface area contributed by atoms with Gasteiger partial charge in [0, 0.05) is 16.7 Å². The van der Waals surface area contributed by atoms with E-state index in [2.05, 4.69) is 5.10 Å². The number of benzene rings is 1. The lowest BCUT2D eigenvalue weighted by Gasteiger charge is -2.13. The summed E-state index contributed by atoms with van der Waals surface area (Å²) in [5.41, 5.74) is 3.65. The smallest absolute Gasteiger partial charge is 0.339 e. The van der Waals surface area contributed by atoms with E-state index in [1.165, 1.54) is 16.3 Å². The monoisotopic (exact) mass is 368 g/mol. The molecule has 0 spiro atoms. The number of hydrogen-bond donors (Lipinski definition) is 0. The number of ether oxygens (including phenoxy) is 1. The maximum absolute atomic E-state index is 12.4. The summed E-state index contributed by atoms with van der Waals surface area (Å²) >= 11 is 1.62. The van der Waals surface area contributed by atoms with Gasteiger partial charge in [0.05, 0.1) is 17.8 Å². The fourth-order valence-corrected chi connectivity index (χ4v) is 4.53. The Morgan fingerprint density at radius 1 is 1.12 bits per heavy atom. The molecular weight excluding hydrogens is 348 g/mol. The molecular formula is C20H20N2O3S. The predicted octanol–water partition coefficient (Wildman–Crippen LogP) is 3.42. The molecule has 4 rings (SSSR count). The summed E-state index contributed by atoms with van der Waals surface area (Å²) in [6.07, 6.45) is 4.96. The van der Waals surface area contributed by atoms with Crippen molar-refractivity contribution in [2.24, 2.45) is 5.10 Å². The van der Waals surface area contributed by atoms with Crippen molar-refractivity contribution < 1.29 is 14.3 Å². The van der Waals surface area contributed by atoms with Gasteiger partial charge in [-0.1, -0.05) is 30.3 Å². The fraction of sp³-hybridized carbons (Fsp3) is 0.350. The zero-order valence-electron chi connectivity index (χ0n) is 14.4. The lowest BCUT2D eigenvalue weighted by Crippen LogP contribution is -2.29. The minimum Gasteiger partial charge on any atom is -0.452 e. The lowest BCUT2D eigenvalue weighted by molar-refractivity contribution is -0.134. The molecule has 2 aromatic rings. The van der Waals surface area contributed by atoms with E-state index < -0.39 is 5.97 Å². The molecule has 1 aliphatic heterocycles. The number of aryl methyl sites for hydroxylation is 1. The second-order valence-corrected chi connectivity index (χ2v) is 7.48. The summed E-state index contributed by atoms with van der Waals surface area (Å²) in [5.74, 6) is -0.683. The number of hydrogen-bond acceptors (Lipinski definition) is 5. The van der Waals surface area contributed by atoms with Crippen LogP contribution in [-0.4, -0.2) is 35.7 Å². The van der Waals surface area contributed by atoms with Crippen molar-refractivity contribution in [1.82, 2.24) is 5.01 Å². The molecule has 134 valence electrons. The first-order chi connectivity index (χ1) is 12.7. The normalized spacial score (nSPS) is 16.2. The second kappa shape index (κ2) is 7.41. The van der Waals surface area contributed by atoms with Gasteiger partial charge in [-0.2, -0.15) is 5.10 Å². The van der Waals surface area contributed by atoms with Crippen LogP contribution >= 0.6 is 11.3 Å². The molecule has 0 radical (unpaired) electrons. The number of esters is 1. The number of thiophene rings is 1. The molecule has 0 bridgehead atoms. The maximum atomic E-state index is 12.4. The average Bonchev–Trinajstić information content (AvgIpc) is 3.34. The first-order valence-electron chi connectivity index (χ1n) is 8.92. The van der Waals surface area contributed by atoms with Crippen LogP contribution in [0.15, 0.2) is 40.8 Å². The van der Waals surface area contributed by atoms with E-state index in [0.29, 0.717) is 18.5 Å². The summed E-state index contributed by atoms with van der Waals surface area (Å²) in [7, 11) is 0. The second-order valence-electron chi connectivity index (χ2n) is 6.51. The number of hydrazone groups is 1. The minimum absolute atomic E-state index is 0.269. The van der Waals surface area contributed by atoms with Crippen LogP contribution in [0.2, 0.25) is 0 Å². The van der Waals surface area contributed by atoms with E-state index in [-0.39, 0.29) is 12.5 Å². The summed E-state index contributed by atoms with van der Waals surface area (Å²) in [6.45, 7) is 0.253. The SMILES string of the molecule is O=C(OCC(=O)N1CCC(c2ccccc2)=N1)c1csc2c1CCCC2. The first kappa shape index (κ1) is 17.0. The fourth-order valence-electron chi connectivity index (χ4n) is 3.42. The summed E-state index contributed by atoms with van der Waals surface area (Å²) < 4.78 is 5.27. The Labute approximate surface area is 156 Å². The molecule has 1 aromatic heterocycles. The number of nitrogens with zero attached hydrogens (tertiary/aromatic N) is 2. The van der Waals surface area contributed by atoms with Gasteiger partial charge in [-0.05, 0) is 36.8 Å². The molecule has 0 atom stereocenters. The molecule has 2 aliphatic rings. The highest BCUT2D eigenvalue weighted by molar-refractivity contribution is 7.10. The largest absolute Gasteiger partial charge is 0.452 e. The highest BCUT2D eigenvalue weighted by Crippen LogP contribution is 2.30. The van der Waals surface area contributed by atoms with Crippen LogP contribution in [0.1, 0.15) is 45.6 Å². The van der Waals surface area contributed by atoms with Crippen molar-refractivity contribution in [3.05, 3.63) is 57.3 Å². The van der Waals surface area contributed by atoms with E-state index >= 15 is 0 Å². The Kier molecular flexibility index (Phi) is 4.84. The third kappa shape index (κ3) is 3.42. The molecule has 0 fully saturated rings. The summed E-state index contributed by atoms with van der Waals surface area (Å²) in [5, 5.41) is 7.65. The lowest BCUT2D eigenvalue weighted by atomic mass is 9.96. The number of amides is 1. The highest BCUT2D eigenvalue weighted by atomic mass is 32.1. The summed E-state index contributed by atoms with van der Waals surface area (Å²) in [4.78, 5) is 26.0. The van der Waals surface area contributed by atoms with Crippen LogP contribution in [0.25, 0.3) is 0 Å². The molecule has 2 heterocycles. The van der Waals surface area contributed by atoms with Crippen LogP contribution in [0.4, 0.5) is 0 Å².